The fraction of sp³-hybridized carbons (Fsp3) is 0.412. The Labute approximate surface area is 233 Å². The van der Waals surface area contributed by atoms with Gasteiger partial charge < -0.3 is 20.0 Å². The van der Waals surface area contributed by atoms with E-state index in [4.69, 9.17) is 4.74 Å². The summed E-state index contributed by atoms with van der Waals surface area (Å²) < 4.78 is 6.61. The molecule has 0 aliphatic carbocycles. The van der Waals surface area contributed by atoms with Crippen molar-refractivity contribution in [2.45, 2.75) is 79.4 Å². The summed E-state index contributed by atoms with van der Waals surface area (Å²) >= 11 is 0. The number of aldehydes is 1. The number of aliphatic hydroxyl groups excluding tert-OH is 1. The van der Waals surface area contributed by atoms with E-state index in [1.807, 2.05) is 12.1 Å². The normalized spacial score (nSPS) is 13.5. The van der Waals surface area contributed by atoms with Gasteiger partial charge >= 0.3 is 0 Å². The van der Waals surface area contributed by atoms with Crippen LogP contribution in [0.15, 0.2) is 60.7 Å². The lowest BCUT2D eigenvalue weighted by molar-refractivity contribution is -0.114. The molecule has 0 saturated heterocycles. The van der Waals surface area contributed by atoms with Gasteiger partial charge in [0.1, 0.15) is 24.2 Å². The average Bonchev–Trinajstić information content (AvgIpc) is 2.85. The molecule has 1 amide bonds. The molecule has 0 spiro atoms. The Morgan fingerprint density at radius 1 is 0.923 bits per heavy atom. The first-order valence-corrected chi connectivity index (χ1v) is 13.6. The quantitative estimate of drug-likeness (QED) is 0.290. The zero-order valence-electron chi connectivity index (χ0n) is 24.6. The van der Waals surface area contributed by atoms with E-state index in [0.717, 1.165) is 28.9 Å². The van der Waals surface area contributed by atoms with Gasteiger partial charge in [0.25, 0.3) is 5.91 Å². The predicted octanol–water partition coefficient (Wildman–Crippen LogP) is 7.11. The van der Waals surface area contributed by atoms with Gasteiger partial charge in [-0.25, -0.2) is 0 Å². The van der Waals surface area contributed by atoms with E-state index >= 15 is 0 Å². The van der Waals surface area contributed by atoms with Crippen LogP contribution >= 0.6 is 0 Å². The second kappa shape index (κ2) is 12.2. The molecule has 208 valence electrons. The minimum atomic E-state index is -1.21. The maximum absolute atomic E-state index is 12.4. The van der Waals surface area contributed by atoms with Gasteiger partial charge in [0.15, 0.2) is 0 Å². The molecule has 5 nitrogen and oxygen atoms in total. The second-order valence-corrected chi connectivity index (χ2v) is 12.7. The number of hydrogen-bond donors (Lipinski definition) is 2. The zero-order chi connectivity index (χ0) is 29.0. The SMILES string of the molecule is Cc1cc(OC(CC(C)(C)C)c2ccc(C(=O)NCC(O)C=O)cc2)cc(C)c1-c1ccc(C(C)(C)C)cc1. The molecule has 0 heterocycles. The first kappa shape index (κ1) is 30.1. The van der Waals surface area contributed by atoms with Crippen LogP contribution in [-0.2, 0) is 10.2 Å². The lowest BCUT2D eigenvalue weighted by Crippen LogP contribution is -2.32. The molecular weight excluding hydrogens is 486 g/mol. The van der Waals surface area contributed by atoms with Crippen molar-refractivity contribution in [3.8, 4) is 16.9 Å². The Hall–Kier alpha value is -3.44. The van der Waals surface area contributed by atoms with E-state index in [2.05, 4.69) is 97.1 Å². The summed E-state index contributed by atoms with van der Waals surface area (Å²) in [5.74, 6) is 0.479. The van der Waals surface area contributed by atoms with Crippen molar-refractivity contribution in [2.24, 2.45) is 5.41 Å². The highest BCUT2D eigenvalue weighted by Crippen LogP contribution is 2.37. The molecule has 3 rings (SSSR count). The van der Waals surface area contributed by atoms with Crippen molar-refractivity contribution in [1.82, 2.24) is 5.32 Å². The molecule has 2 unspecified atom stereocenters. The third-order valence-corrected chi connectivity index (χ3v) is 6.80. The van der Waals surface area contributed by atoms with E-state index in [1.54, 1.807) is 12.1 Å². The minimum absolute atomic E-state index is 0.0184. The van der Waals surface area contributed by atoms with Crippen molar-refractivity contribution in [1.29, 1.82) is 0 Å². The van der Waals surface area contributed by atoms with Crippen LogP contribution in [0.2, 0.25) is 0 Å². The summed E-state index contributed by atoms with van der Waals surface area (Å²) in [7, 11) is 0. The fourth-order valence-corrected chi connectivity index (χ4v) is 4.73. The van der Waals surface area contributed by atoms with Crippen molar-refractivity contribution in [3.63, 3.8) is 0 Å². The average molecular weight is 530 g/mol. The molecule has 0 bridgehead atoms. The highest BCUT2D eigenvalue weighted by Gasteiger charge is 2.23. The number of carbonyl (C=O) groups excluding carboxylic acids is 2. The number of aryl methyl sites for hydroxylation is 2. The van der Waals surface area contributed by atoms with Crippen LogP contribution in [0.4, 0.5) is 0 Å². The Kier molecular flexibility index (Phi) is 9.39. The van der Waals surface area contributed by atoms with Crippen LogP contribution in [0.25, 0.3) is 11.1 Å². The van der Waals surface area contributed by atoms with Crippen molar-refractivity contribution >= 4 is 12.2 Å². The molecule has 0 aliphatic heterocycles. The summed E-state index contributed by atoms with van der Waals surface area (Å²) in [6, 6.07) is 20.4. The van der Waals surface area contributed by atoms with Crippen molar-refractivity contribution in [2.75, 3.05) is 6.54 Å². The number of carbonyl (C=O) groups is 2. The van der Waals surface area contributed by atoms with E-state index in [9.17, 15) is 14.7 Å². The molecule has 2 N–H and O–H groups in total. The van der Waals surface area contributed by atoms with Gasteiger partial charge in [0.05, 0.1) is 6.54 Å². The monoisotopic (exact) mass is 529 g/mol. The molecule has 0 aromatic heterocycles. The van der Waals surface area contributed by atoms with Gasteiger partial charge in [-0.1, -0.05) is 77.9 Å². The van der Waals surface area contributed by atoms with Gasteiger partial charge in [-0.3, -0.25) is 4.79 Å². The first-order valence-electron chi connectivity index (χ1n) is 13.6. The number of aliphatic hydroxyl groups is 1. The summed E-state index contributed by atoms with van der Waals surface area (Å²) in [6.07, 6.45) is -0.220. The summed E-state index contributed by atoms with van der Waals surface area (Å²) in [6.45, 7) is 17.4. The zero-order valence-corrected chi connectivity index (χ0v) is 24.6. The molecule has 5 heteroatoms. The number of rotatable bonds is 9. The number of nitrogens with one attached hydrogen (secondary N) is 1. The topological polar surface area (TPSA) is 75.6 Å². The Bertz CT molecular complexity index is 1260. The highest BCUT2D eigenvalue weighted by molar-refractivity contribution is 5.94. The Morgan fingerprint density at radius 3 is 1.97 bits per heavy atom. The highest BCUT2D eigenvalue weighted by atomic mass is 16.5. The molecule has 3 aromatic carbocycles. The van der Waals surface area contributed by atoms with Gasteiger partial charge in [-0.15, -0.1) is 0 Å². The largest absolute Gasteiger partial charge is 0.486 e. The van der Waals surface area contributed by atoms with Gasteiger partial charge in [-0.2, -0.15) is 0 Å². The minimum Gasteiger partial charge on any atom is -0.486 e. The fourth-order valence-electron chi connectivity index (χ4n) is 4.73. The van der Waals surface area contributed by atoms with Crippen LogP contribution < -0.4 is 10.1 Å². The molecule has 0 aliphatic rings. The number of hydrogen-bond acceptors (Lipinski definition) is 4. The van der Waals surface area contributed by atoms with Crippen LogP contribution in [0, 0.1) is 19.3 Å². The summed E-state index contributed by atoms with van der Waals surface area (Å²) in [5, 5.41) is 11.9. The lowest BCUT2D eigenvalue weighted by Gasteiger charge is -2.28. The van der Waals surface area contributed by atoms with Gasteiger partial charge in [0.2, 0.25) is 0 Å². The molecule has 0 saturated carbocycles. The van der Waals surface area contributed by atoms with E-state index in [-0.39, 0.29) is 29.4 Å². The Balaban J connectivity index is 1.85. The third-order valence-electron chi connectivity index (χ3n) is 6.80. The second-order valence-electron chi connectivity index (χ2n) is 12.7. The maximum atomic E-state index is 12.4. The third kappa shape index (κ3) is 8.27. The molecule has 0 fully saturated rings. The smallest absolute Gasteiger partial charge is 0.251 e. The standard InChI is InChI=1S/C34H43NO4/c1-22-17-29(18-23(2)31(22)25-13-15-27(16-14-25)34(6,7)8)39-30(19-33(3,4)5)24-9-11-26(12-10-24)32(38)35-20-28(37)21-36/h9-18,21,28,30,37H,19-20H2,1-8H3,(H,35,38). The summed E-state index contributed by atoms with van der Waals surface area (Å²) in [4.78, 5) is 23.0. The first-order chi connectivity index (χ1) is 18.2. The number of ether oxygens (including phenoxy) is 1. The van der Waals surface area contributed by atoms with Crippen LogP contribution in [0.3, 0.4) is 0 Å². The van der Waals surface area contributed by atoms with Gasteiger partial charge in [0, 0.05) is 5.56 Å². The molecular formula is C34H43NO4. The van der Waals surface area contributed by atoms with E-state index in [1.165, 1.54) is 16.7 Å². The Morgan fingerprint density at radius 2 is 1.49 bits per heavy atom. The van der Waals surface area contributed by atoms with E-state index in [0.29, 0.717) is 11.8 Å². The van der Waals surface area contributed by atoms with Crippen LogP contribution in [0.1, 0.15) is 86.7 Å². The molecule has 0 radical (unpaired) electrons. The van der Waals surface area contributed by atoms with Crippen molar-refractivity contribution < 1.29 is 19.4 Å². The molecule has 39 heavy (non-hydrogen) atoms. The maximum Gasteiger partial charge on any atom is 0.251 e. The van der Waals surface area contributed by atoms with Gasteiger partial charge in [-0.05, 0) is 88.7 Å². The molecule has 2 atom stereocenters. The predicted molar refractivity (Wildman–Crippen MR) is 158 cm³/mol. The lowest BCUT2D eigenvalue weighted by atomic mass is 9.85. The van der Waals surface area contributed by atoms with Crippen LogP contribution in [-0.4, -0.2) is 29.9 Å². The number of benzene rings is 3. The van der Waals surface area contributed by atoms with Crippen molar-refractivity contribution in [3.05, 3.63) is 88.5 Å². The number of amides is 1. The summed E-state index contributed by atoms with van der Waals surface area (Å²) in [5.41, 5.74) is 7.63. The van der Waals surface area contributed by atoms with E-state index < -0.39 is 6.10 Å². The molecule has 3 aromatic rings. The van der Waals surface area contributed by atoms with Crippen LogP contribution in [0.5, 0.6) is 5.75 Å².